The van der Waals surface area contributed by atoms with Gasteiger partial charge < -0.3 is 15.0 Å². The van der Waals surface area contributed by atoms with E-state index in [4.69, 9.17) is 4.74 Å². The van der Waals surface area contributed by atoms with Gasteiger partial charge in [0.25, 0.3) is 0 Å². The molecule has 9 heteroatoms. The van der Waals surface area contributed by atoms with Gasteiger partial charge in [-0.15, -0.1) is 0 Å². The summed E-state index contributed by atoms with van der Waals surface area (Å²) in [6.45, 7) is 5.88. The number of likely N-dealkylation sites (N-methyl/N-ethyl adjacent to an activating group) is 1. The Morgan fingerprint density at radius 3 is 2.12 bits per heavy atom. The summed E-state index contributed by atoms with van der Waals surface area (Å²) in [6, 6.07) is 13.4. The number of ether oxygens (including phenoxy) is 1. The van der Waals surface area contributed by atoms with Crippen LogP contribution in [0.15, 0.2) is 48.5 Å². The zero-order valence-corrected chi connectivity index (χ0v) is 20.7. The Hall–Kier alpha value is -3.07. The standard InChI is InChI=1S/C24H33N3O5S/c1-6-22(24(29)25-4)26(16-19-10-8-18(3)9-11-19)23(28)17-27(33(5,30)31)20-12-14-21(15-13-20)32-7-2/h8-15,22H,6-7,16-17H2,1-5H3,(H,25,29)/t22-/m1/s1. The van der Waals surface area contributed by atoms with Gasteiger partial charge in [-0.1, -0.05) is 36.8 Å². The van der Waals surface area contributed by atoms with Crippen LogP contribution >= 0.6 is 0 Å². The molecule has 0 aliphatic rings. The van der Waals surface area contributed by atoms with Crippen molar-refractivity contribution in [1.29, 1.82) is 0 Å². The maximum atomic E-state index is 13.5. The van der Waals surface area contributed by atoms with Gasteiger partial charge in [0.05, 0.1) is 18.6 Å². The second-order valence-corrected chi connectivity index (χ2v) is 9.65. The fourth-order valence-corrected chi connectivity index (χ4v) is 4.31. The summed E-state index contributed by atoms with van der Waals surface area (Å²) in [4.78, 5) is 27.4. The lowest BCUT2D eigenvalue weighted by atomic mass is 10.1. The fourth-order valence-electron chi connectivity index (χ4n) is 3.47. The van der Waals surface area contributed by atoms with Gasteiger partial charge in [-0.2, -0.15) is 0 Å². The summed E-state index contributed by atoms with van der Waals surface area (Å²) >= 11 is 0. The minimum Gasteiger partial charge on any atom is -0.494 e. The number of hydrogen-bond donors (Lipinski definition) is 1. The van der Waals surface area contributed by atoms with Crippen molar-refractivity contribution in [1.82, 2.24) is 10.2 Å². The number of anilines is 1. The first-order chi connectivity index (χ1) is 15.6. The Morgan fingerprint density at radius 1 is 1.03 bits per heavy atom. The molecule has 0 bridgehead atoms. The van der Waals surface area contributed by atoms with Crippen LogP contribution in [-0.4, -0.2) is 57.6 Å². The summed E-state index contributed by atoms with van der Waals surface area (Å²) < 4.78 is 31.6. The molecular formula is C24H33N3O5S. The molecule has 180 valence electrons. The van der Waals surface area contributed by atoms with Crippen molar-refractivity contribution in [3.8, 4) is 5.75 Å². The fraction of sp³-hybridized carbons (Fsp3) is 0.417. The van der Waals surface area contributed by atoms with Gasteiger partial charge in [-0.3, -0.25) is 13.9 Å². The highest BCUT2D eigenvalue weighted by Gasteiger charge is 2.31. The van der Waals surface area contributed by atoms with E-state index in [0.717, 1.165) is 21.7 Å². The van der Waals surface area contributed by atoms with E-state index >= 15 is 0 Å². The van der Waals surface area contributed by atoms with Crippen LogP contribution in [0.2, 0.25) is 0 Å². The van der Waals surface area contributed by atoms with Crippen molar-refractivity contribution in [2.24, 2.45) is 0 Å². The third-order valence-corrected chi connectivity index (χ3v) is 6.36. The molecule has 33 heavy (non-hydrogen) atoms. The zero-order chi connectivity index (χ0) is 24.6. The number of carbonyl (C=O) groups excluding carboxylic acids is 2. The molecular weight excluding hydrogens is 442 g/mol. The van der Waals surface area contributed by atoms with Crippen LogP contribution < -0.4 is 14.4 Å². The maximum absolute atomic E-state index is 13.5. The minimum absolute atomic E-state index is 0.186. The Kier molecular flexibility index (Phi) is 9.28. The predicted octanol–water partition coefficient (Wildman–Crippen LogP) is 2.71. The van der Waals surface area contributed by atoms with Crippen LogP contribution in [-0.2, 0) is 26.2 Å². The molecule has 0 fully saturated rings. The summed E-state index contributed by atoms with van der Waals surface area (Å²) in [5.41, 5.74) is 2.27. The van der Waals surface area contributed by atoms with Crippen LogP contribution in [0, 0.1) is 6.92 Å². The topological polar surface area (TPSA) is 96.0 Å². The first-order valence-corrected chi connectivity index (χ1v) is 12.7. The van der Waals surface area contributed by atoms with Gasteiger partial charge in [0.15, 0.2) is 0 Å². The first kappa shape index (κ1) is 26.2. The SMILES string of the molecule is CCOc1ccc(N(CC(=O)N(Cc2ccc(C)cc2)[C@H](CC)C(=O)NC)S(C)(=O)=O)cc1. The van der Waals surface area contributed by atoms with Crippen molar-refractivity contribution in [2.75, 3.05) is 30.8 Å². The maximum Gasteiger partial charge on any atom is 0.244 e. The van der Waals surface area contributed by atoms with Crippen molar-refractivity contribution in [2.45, 2.75) is 39.8 Å². The lowest BCUT2D eigenvalue weighted by Gasteiger charge is -2.32. The first-order valence-electron chi connectivity index (χ1n) is 10.9. The van der Waals surface area contributed by atoms with E-state index in [1.807, 2.05) is 45.0 Å². The highest BCUT2D eigenvalue weighted by Crippen LogP contribution is 2.23. The molecule has 8 nitrogen and oxygen atoms in total. The molecule has 0 aromatic heterocycles. The largest absolute Gasteiger partial charge is 0.494 e. The molecule has 0 radical (unpaired) electrons. The smallest absolute Gasteiger partial charge is 0.244 e. The molecule has 0 unspecified atom stereocenters. The number of sulfonamides is 1. The van der Waals surface area contributed by atoms with E-state index in [1.54, 1.807) is 24.3 Å². The van der Waals surface area contributed by atoms with Crippen LogP contribution in [0.1, 0.15) is 31.4 Å². The van der Waals surface area contributed by atoms with Crippen molar-refractivity contribution in [3.63, 3.8) is 0 Å². The molecule has 0 saturated heterocycles. The highest BCUT2D eigenvalue weighted by molar-refractivity contribution is 7.92. The van der Waals surface area contributed by atoms with Crippen LogP contribution in [0.25, 0.3) is 0 Å². The number of rotatable bonds is 11. The number of hydrogen-bond acceptors (Lipinski definition) is 5. The van der Waals surface area contributed by atoms with Crippen LogP contribution in [0.5, 0.6) is 5.75 Å². The Bertz CT molecular complexity index is 1040. The molecule has 1 atom stereocenters. The highest BCUT2D eigenvalue weighted by atomic mass is 32.2. The number of nitrogens with one attached hydrogen (secondary N) is 1. The number of benzene rings is 2. The Labute approximate surface area is 196 Å². The van der Waals surface area contributed by atoms with Gasteiger partial charge in [-0.25, -0.2) is 8.42 Å². The van der Waals surface area contributed by atoms with E-state index in [9.17, 15) is 18.0 Å². The minimum atomic E-state index is -3.76. The molecule has 2 amide bonds. The van der Waals surface area contributed by atoms with Gasteiger partial charge in [0.2, 0.25) is 21.8 Å². The van der Waals surface area contributed by atoms with Crippen molar-refractivity contribution < 1.29 is 22.7 Å². The number of aryl methyl sites for hydroxylation is 1. The van der Waals surface area contributed by atoms with Crippen LogP contribution in [0.3, 0.4) is 0 Å². The molecule has 0 heterocycles. The van der Waals surface area contributed by atoms with E-state index in [-0.39, 0.29) is 12.5 Å². The van der Waals surface area contributed by atoms with E-state index in [2.05, 4.69) is 5.32 Å². The Balaban J connectivity index is 2.38. The molecule has 0 spiro atoms. The third-order valence-electron chi connectivity index (χ3n) is 5.22. The molecule has 0 aliphatic heterocycles. The van der Waals surface area contributed by atoms with Gasteiger partial charge in [-0.05, 0) is 50.1 Å². The van der Waals surface area contributed by atoms with Gasteiger partial charge >= 0.3 is 0 Å². The predicted molar refractivity (Wildman–Crippen MR) is 130 cm³/mol. The molecule has 2 aromatic rings. The van der Waals surface area contributed by atoms with E-state index < -0.39 is 28.5 Å². The lowest BCUT2D eigenvalue weighted by Crippen LogP contribution is -2.51. The summed E-state index contributed by atoms with van der Waals surface area (Å²) in [5.74, 6) is -0.164. The average Bonchev–Trinajstić information content (AvgIpc) is 2.78. The number of nitrogens with zero attached hydrogens (tertiary/aromatic N) is 2. The van der Waals surface area contributed by atoms with Crippen molar-refractivity contribution in [3.05, 3.63) is 59.7 Å². The quantitative estimate of drug-likeness (QED) is 0.539. The average molecular weight is 476 g/mol. The van der Waals surface area contributed by atoms with Crippen molar-refractivity contribution >= 4 is 27.5 Å². The second kappa shape index (κ2) is 11.7. The van der Waals surface area contributed by atoms with Gasteiger partial charge in [0, 0.05) is 13.6 Å². The monoisotopic (exact) mass is 475 g/mol. The molecule has 0 aliphatic carbocycles. The molecule has 1 N–H and O–H groups in total. The number of amides is 2. The normalized spacial score (nSPS) is 12.0. The third kappa shape index (κ3) is 7.21. The summed E-state index contributed by atoms with van der Waals surface area (Å²) in [5, 5.41) is 2.60. The van der Waals surface area contributed by atoms with E-state index in [1.165, 1.54) is 11.9 Å². The van der Waals surface area contributed by atoms with Crippen LogP contribution in [0.4, 0.5) is 5.69 Å². The summed E-state index contributed by atoms with van der Waals surface area (Å²) in [7, 11) is -2.25. The van der Waals surface area contributed by atoms with E-state index in [0.29, 0.717) is 24.5 Å². The Morgan fingerprint density at radius 2 is 1.64 bits per heavy atom. The molecule has 2 rings (SSSR count). The zero-order valence-electron chi connectivity index (χ0n) is 19.9. The van der Waals surface area contributed by atoms with Gasteiger partial charge in [0.1, 0.15) is 18.3 Å². The second-order valence-electron chi connectivity index (χ2n) is 7.74. The summed E-state index contributed by atoms with van der Waals surface area (Å²) in [6.07, 6.45) is 1.44. The lowest BCUT2D eigenvalue weighted by molar-refractivity contribution is -0.140. The number of carbonyl (C=O) groups is 2. The molecule has 2 aromatic carbocycles. The molecule has 0 saturated carbocycles.